The fourth-order valence-corrected chi connectivity index (χ4v) is 2.23. The Kier molecular flexibility index (Phi) is 4.92. The lowest BCUT2D eigenvalue weighted by molar-refractivity contribution is -0.384. The summed E-state index contributed by atoms with van der Waals surface area (Å²) in [5, 5.41) is 13.7. The van der Waals surface area contributed by atoms with Crippen LogP contribution in [0.15, 0.2) is 18.2 Å². The molecule has 0 saturated heterocycles. The monoisotopic (exact) mass is 292 g/mol. The molecule has 18 heavy (non-hydrogen) atoms. The molecule has 0 bridgehead atoms. The van der Waals surface area contributed by atoms with Crippen LogP contribution in [0.4, 0.5) is 11.4 Å². The first kappa shape index (κ1) is 14.7. The van der Waals surface area contributed by atoms with Crippen molar-refractivity contribution >= 4 is 32.8 Å². The molecule has 1 aromatic carbocycles. The largest absolute Gasteiger partial charge is 0.384 e. The number of sulfone groups is 1. The second-order valence-electron chi connectivity index (χ2n) is 3.83. The van der Waals surface area contributed by atoms with Gasteiger partial charge in [0.1, 0.15) is 9.84 Å². The number of hydrogen-bond acceptors (Lipinski definition) is 5. The van der Waals surface area contributed by atoms with Crippen molar-refractivity contribution in [3.63, 3.8) is 0 Å². The van der Waals surface area contributed by atoms with Gasteiger partial charge < -0.3 is 5.32 Å². The van der Waals surface area contributed by atoms with Crippen LogP contribution < -0.4 is 5.32 Å². The molecule has 0 spiro atoms. The first-order valence-corrected chi connectivity index (χ1v) is 7.59. The van der Waals surface area contributed by atoms with Crippen LogP contribution in [0, 0.1) is 10.1 Å². The summed E-state index contributed by atoms with van der Waals surface area (Å²) in [6, 6.07) is 4.09. The van der Waals surface area contributed by atoms with Crippen LogP contribution in [-0.4, -0.2) is 31.9 Å². The molecule has 1 aromatic rings. The highest BCUT2D eigenvalue weighted by molar-refractivity contribution is 7.90. The van der Waals surface area contributed by atoms with Gasteiger partial charge in [0.05, 0.1) is 21.4 Å². The molecule has 1 N–H and O–H groups in total. The Bertz CT molecular complexity index is 545. The molecule has 0 unspecified atom stereocenters. The van der Waals surface area contributed by atoms with Crippen LogP contribution >= 0.6 is 11.6 Å². The van der Waals surface area contributed by atoms with Crippen LogP contribution in [0.2, 0.25) is 5.02 Å². The lowest BCUT2D eigenvalue weighted by Gasteiger charge is -2.07. The van der Waals surface area contributed by atoms with Crippen molar-refractivity contribution in [1.29, 1.82) is 0 Å². The highest BCUT2D eigenvalue weighted by Gasteiger charge is 2.09. The molecule has 0 aliphatic heterocycles. The third-order valence-corrected chi connectivity index (χ3v) is 3.51. The Morgan fingerprint density at radius 2 is 2.11 bits per heavy atom. The molecular weight excluding hydrogens is 280 g/mol. The van der Waals surface area contributed by atoms with Gasteiger partial charge in [-0.25, -0.2) is 8.42 Å². The van der Waals surface area contributed by atoms with Crippen LogP contribution in [0.1, 0.15) is 6.42 Å². The molecule has 0 aliphatic carbocycles. The summed E-state index contributed by atoms with van der Waals surface area (Å²) in [6.45, 7) is 0.435. The molecule has 8 heteroatoms. The topological polar surface area (TPSA) is 89.3 Å². The number of rotatable bonds is 6. The maximum Gasteiger partial charge on any atom is 0.271 e. The van der Waals surface area contributed by atoms with Crippen molar-refractivity contribution in [3.05, 3.63) is 33.3 Å². The molecular formula is C10H13ClN2O4S. The van der Waals surface area contributed by atoms with Crippen molar-refractivity contribution in [2.45, 2.75) is 6.42 Å². The molecule has 0 saturated carbocycles. The smallest absolute Gasteiger partial charge is 0.271 e. The van der Waals surface area contributed by atoms with E-state index in [1.807, 2.05) is 0 Å². The third kappa shape index (κ3) is 4.89. The van der Waals surface area contributed by atoms with E-state index in [9.17, 15) is 18.5 Å². The highest BCUT2D eigenvalue weighted by Crippen LogP contribution is 2.26. The third-order valence-electron chi connectivity index (χ3n) is 2.17. The Morgan fingerprint density at radius 1 is 1.44 bits per heavy atom. The van der Waals surface area contributed by atoms with E-state index >= 15 is 0 Å². The van der Waals surface area contributed by atoms with E-state index < -0.39 is 14.8 Å². The minimum atomic E-state index is -2.97. The van der Waals surface area contributed by atoms with E-state index in [0.29, 0.717) is 18.7 Å². The highest BCUT2D eigenvalue weighted by atomic mass is 35.5. The van der Waals surface area contributed by atoms with Gasteiger partial charge in [-0.2, -0.15) is 0 Å². The molecule has 6 nitrogen and oxygen atoms in total. The predicted molar refractivity (Wildman–Crippen MR) is 70.9 cm³/mol. The number of nitro groups is 1. The summed E-state index contributed by atoms with van der Waals surface area (Å²) >= 11 is 5.86. The fraction of sp³-hybridized carbons (Fsp3) is 0.400. The van der Waals surface area contributed by atoms with Gasteiger partial charge in [-0.1, -0.05) is 11.6 Å². The second-order valence-corrected chi connectivity index (χ2v) is 6.50. The normalized spacial score (nSPS) is 11.2. The first-order valence-electron chi connectivity index (χ1n) is 5.15. The molecule has 0 amide bonds. The first-order chi connectivity index (χ1) is 8.29. The Morgan fingerprint density at radius 3 is 2.61 bits per heavy atom. The Hall–Kier alpha value is -1.34. The lowest BCUT2D eigenvalue weighted by Crippen LogP contribution is -2.09. The van der Waals surface area contributed by atoms with Crippen LogP contribution in [0.25, 0.3) is 0 Å². The molecule has 0 fully saturated rings. The summed E-state index contributed by atoms with van der Waals surface area (Å²) in [5.41, 5.74) is 0.470. The average molecular weight is 293 g/mol. The summed E-state index contributed by atoms with van der Waals surface area (Å²) in [5.74, 6) is 0.0879. The number of nitrogens with zero attached hydrogens (tertiary/aromatic N) is 1. The van der Waals surface area contributed by atoms with Crippen LogP contribution in [0.3, 0.4) is 0 Å². The minimum Gasteiger partial charge on any atom is -0.384 e. The summed E-state index contributed by atoms with van der Waals surface area (Å²) < 4.78 is 21.8. The van der Waals surface area contributed by atoms with Crippen LogP contribution in [-0.2, 0) is 9.84 Å². The van der Waals surface area contributed by atoms with Gasteiger partial charge in [-0.3, -0.25) is 10.1 Å². The Balaban J connectivity index is 2.56. The number of benzene rings is 1. The van der Waals surface area contributed by atoms with E-state index in [1.54, 1.807) is 0 Å². The zero-order valence-corrected chi connectivity index (χ0v) is 11.3. The molecule has 100 valence electrons. The van der Waals surface area contributed by atoms with Crippen LogP contribution in [0.5, 0.6) is 0 Å². The molecule has 0 aliphatic rings. The van der Waals surface area contributed by atoms with E-state index in [0.717, 1.165) is 0 Å². The quantitative estimate of drug-likeness (QED) is 0.492. The fourth-order valence-electron chi connectivity index (χ4n) is 1.32. The van der Waals surface area contributed by atoms with Gasteiger partial charge in [0.25, 0.3) is 5.69 Å². The van der Waals surface area contributed by atoms with Gasteiger partial charge in [0.2, 0.25) is 0 Å². The van der Waals surface area contributed by atoms with Gasteiger partial charge in [-0.05, 0) is 12.5 Å². The van der Waals surface area contributed by atoms with Crippen molar-refractivity contribution < 1.29 is 13.3 Å². The standard InChI is InChI=1S/C10H13ClN2O4S/c1-18(16,17)6-2-5-12-10-4-3-8(13(14)15)7-9(10)11/h3-4,7,12H,2,5-6H2,1H3. The van der Waals surface area contributed by atoms with Crippen molar-refractivity contribution in [2.24, 2.45) is 0 Å². The number of nitrogens with one attached hydrogen (secondary N) is 1. The van der Waals surface area contributed by atoms with E-state index in [-0.39, 0.29) is 16.5 Å². The predicted octanol–water partition coefficient (Wildman–Crippen LogP) is 2.09. The molecule has 0 radical (unpaired) electrons. The molecule has 0 atom stereocenters. The zero-order valence-electron chi connectivity index (χ0n) is 9.72. The Labute approximate surface area is 110 Å². The van der Waals surface area contributed by atoms with Gasteiger partial charge in [0.15, 0.2) is 0 Å². The molecule has 0 aromatic heterocycles. The lowest BCUT2D eigenvalue weighted by atomic mass is 10.3. The maximum absolute atomic E-state index is 10.9. The SMILES string of the molecule is CS(=O)(=O)CCCNc1ccc([N+](=O)[O-])cc1Cl. The molecule has 0 heterocycles. The average Bonchev–Trinajstić information content (AvgIpc) is 2.24. The number of nitro benzene ring substituents is 1. The number of non-ortho nitro benzene ring substituents is 1. The number of halogens is 1. The number of anilines is 1. The summed E-state index contributed by atoms with van der Waals surface area (Å²) in [6.07, 6.45) is 1.62. The summed E-state index contributed by atoms with van der Waals surface area (Å²) in [4.78, 5) is 9.97. The van der Waals surface area contributed by atoms with Gasteiger partial charge >= 0.3 is 0 Å². The van der Waals surface area contributed by atoms with E-state index in [2.05, 4.69) is 5.32 Å². The summed E-state index contributed by atoms with van der Waals surface area (Å²) in [7, 11) is -2.97. The van der Waals surface area contributed by atoms with Gasteiger partial charge in [0, 0.05) is 24.9 Å². The minimum absolute atomic E-state index is 0.0818. The van der Waals surface area contributed by atoms with E-state index in [4.69, 9.17) is 11.6 Å². The number of hydrogen-bond donors (Lipinski definition) is 1. The second kappa shape index (κ2) is 6.01. The maximum atomic E-state index is 10.9. The van der Waals surface area contributed by atoms with Crippen molar-refractivity contribution in [2.75, 3.05) is 23.9 Å². The van der Waals surface area contributed by atoms with Crippen molar-refractivity contribution in [3.8, 4) is 0 Å². The van der Waals surface area contributed by atoms with Crippen molar-refractivity contribution in [1.82, 2.24) is 0 Å². The molecule has 1 rings (SSSR count). The van der Waals surface area contributed by atoms with Gasteiger partial charge in [-0.15, -0.1) is 0 Å². The van der Waals surface area contributed by atoms with E-state index in [1.165, 1.54) is 24.5 Å². The zero-order chi connectivity index (χ0) is 13.8.